The van der Waals surface area contributed by atoms with Gasteiger partial charge in [-0.2, -0.15) is 0 Å². The second-order valence-electron chi connectivity index (χ2n) is 5.74. The fourth-order valence-electron chi connectivity index (χ4n) is 2.87. The van der Waals surface area contributed by atoms with E-state index in [1.807, 2.05) is 25.1 Å². The van der Waals surface area contributed by atoms with Crippen LogP contribution in [0.3, 0.4) is 0 Å². The van der Waals surface area contributed by atoms with E-state index in [1.54, 1.807) is 0 Å². The van der Waals surface area contributed by atoms with Gasteiger partial charge in [0.15, 0.2) is 0 Å². The second-order valence-corrected chi connectivity index (χ2v) is 5.74. The van der Waals surface area contributed by atoms with Crippen LogP contribution in [-0.2, 0) is 4.79 Å². The molecule has 0 aromatic heterocycles. The molecule has 4 heteroatoms. The van der Waals surface area contributed by atoms with Gasteiger partial charge in [0.2, 0.25) is 5.91 Å². The lowest BCUT2D eigenvalue weighted by molar-refractivity contribution is -0.117. The third kappa shape index (κ3) is 3.73. The maximum absolute atomic E-state index is 12.2. The Labute approximate surface area is 121 Å². The molecule has 0 aliphatic carbocycles. The Balaban J connectivity index is 1.92. The van der Waals surface area contributed by atoms with Crippen LogP contribution in [0.15, 0.2) is 18.2 Å². The van der Waals surface area contributed by atoms with E-state index in [9.17, 15) is 4.79 Å². The smallest absolute Gasteiger partial charge is 0.238 e. The number of nitrogens with two attached hydrogens (primary N) is 1. The second kappa shape index (κ2) is 6.75. The molecule has 1 atom stereocenters. The third-order valence-electron chi connectivity index (χ3n) is 4.12. The number of amides is 1. The van der Waals surface area contributed by atoms with Crippen molar-refractivity contribution in [3.63, 3.8) is 0 Å². The number of nitrogens with one attached hydrogen (secondary N) is 1. The van der Waals surface area contributed by atoms with Crippen LogP contribution in [0.4, 0.5) is 11.4 Å². The lowest BCUT2D eigenvalue weighted by atomic mass is 9.96. The maximum Gasteiger partial charge on any atom is 0.238 e. The van der Waals surface area contributed by atoms with Crippen LogP contribution in [0, 0.1) is 12.8 Å². The normalized spacial score (nSPS) is 19.8. The number of rotatable bonds is 4. The first-order chi connectivity index (χ1) is 9.60. The molecule has 0 bridgehead atoms. The van der Waals surface area contributed by atoms with Gasteiger partial charge in [-0.15, -0.1) is 0 Å². The van der Waals surface area contributed by atoms with E-state index >= 15 is 0 Å². The highest BCUT2D eigenvalue weighted by Crippen LogP contribution is 2.23. The summed E-state index contributed by atoms with van der Waals surface area (Å²) in [6.07, 6.45) is 3.68. The molecule has 0 radical (unpaired) electrons. The number of nitrogens with zero attached hydrogens (tertiary/aromatic N) is 1. The summed E-state index contributed by atoms with van der Waals surface area (Å²) < 4.78 is 0. The lowest BCUT2D eigenvalue weighted by Gasteiger charge is -2.31. The van der Waals surface area contributed by atoms with Gasteiger partial charge in [0.05, 0.1) is 17.9 Å². The standard InChI is InChI=1S/C16H25N3O/c1-3-13-7-5-9-19(10-13)11-15(20)18-16-12(2)6-4-8-14(16)17/h4,6,8,13H,3,5,7,9-11,17H2,1-2H3,(H,18,20). The number of carbonyl (C=O) groups excluding carboxylic acids is 1. The summed E-state index contributed by atoms with van der Waals surface area (Å²) in [5, 5.41) is 2.95. The van der Waals surface area contributed by atoms with Crippen molar-refractivity contribution in [2.24, 2.45) is 5.92 Å². The Hall–Kier alpha value is -1.55. The van der Waals surface area contributed by atoms with Crippen LogP contribution >= 0.6 is 0 Å². The number of benzene rings is 1. The van der Waals surface area contributed by atoms with E-state index in [0.717, 1.165) is 30.3 Å². The summed E-state index contributed by atoms with van der Waals surface area (Å²) in [7, 11) is 0. The molecular weight excluding hydrogens is 250 g/mol. The number of anilines is 2. The predicted octanol–water partition coefficient (Wildman–Crippen LogP) is 2.64. The average molecular weight is 275 g/mol. The third-order valence-corrected chi connectivity index (χ3v) is 4.12. The number of aryl methyl sites for hydroxylation is 1. The number of carbonyl (C=O) groups is 1. The van der Waals surface area contributed by atoms with Crippen molar-refractivity contribution in [2.45, 2.75) is 33.1 Å². The molecule has 110 valence electrons. The molecule has 3 N–H and O–H groups in total. The summed E-state index contributed by atoms with van der Waals surface area (Å²) >= 11 is 0. The number of nitrogen functional groups attached to an aromatic ring is 1. The number of hydrogen-bond donors (Lipinski definition) is 2. The molecule has 1 saturated heterocycles. The van der Waals surface area contributed by atoms with Crippen molar-refractivity contribution in [1.82, 2.24) is 4.90 Å². The molecule has 20 heavy (non-hydrogen) atoms. The minimum atomic E-state index is 0.0303. The topological polar surface area (TPSA) is 58.4 Å². The van der Waals surface area contributed by atoms with E-state index in [1.165, 1.54) is 19.3 Å². The SMILES string of the molecule is CCC1CCCN(CC(=O)Nc2c(C)cccc2N)C1. The summed E-state index contributed by atoms with van der Waals surface area (Å²) in [5.74, 6) is 0.767. The zero-order valence-electron chi connectivity index (χ0n) is 12.5. The molecule has 2 rings (SSSR count). The maximum atomic E-state index is 12.2. The van der Waals surface area contributed by atoms with E-state index in [2.05, 4.69) is 17.1 Å². The summed E-state index contributed by atoms with van der Waals surface area (Å²) in [6.45, 7) is 6.70. The van der Waals surface area contributed by atoms with Gasteiger partial charge < -0.3 is 11.1 Å². The van der Waals surface area contributed by atoms with Gasteiger partial charge in [0, 0.05) is 6.54 Å². The summed E-state index contributed by atoms with van der Waals surface area (Å²) in [5.41, 5.74) is 8.30. The highest BCUT2D eigenvalue weighted by atomic mass is 16.2. The van der Waals surface area contributed by atoms with Crippen molar-refractivity contribution in [3.8, 4) is 0 Å². The van der Waals surface area contributed by atoms with Crippen LogP contribution in [0.1, 0.15) is 31.7 Å². The molecule has 1 amide bonds. The summed E-state index contributed by atoms with van der Waals surface area (Å²) in [4.78, 5) is 14.4. The molecule has 4 nitrogen and oxygen atoms in total. The van der Waals surface area contributed by atoms with Crippen LogP contribution in [0.25, 0.3) is 0 Å². The van der Waals surface area contributed by atoms with Crippen LogP contribution < -0.4 is 11.1 Å². The van der Waals surface area contributed by atoms with Crippen molar-refractivity contribution < 1.29 is 4.79 Å². The first kappa shape index (κ1) is 14.9. The minimum Gasteiger partial charge on any atom is -0.397 e. The molecule has 0 spiro atoms. The Kier molecular flexibility index (Phi) is 5.01. The zero-order valence-corrected chi connectivity index (χ0v) is 12.5. The monoisotopic (exact) mass is 275 g/mol. The molecule has 1 aliphatic rings. The molecule has 1 fully saturated rings. The Morgan fingerprint density at radius 2 is 2.30 bits per heavy atom. The fourth-order valence-corrected chi connectivity index (χ4v) is 2.87. The minimum absolute atomic E-state index is 0.0303. The van der Waals surface area contributed by atoms with Gasteiger partial charge in [0.1, 0.15) is 0 Å². The molecule has 1 aromatic rings. The largest absolute Gasteiger partial charge is 0.397 e. The van der Waals surface area contributed by atoms with Gasteiger partial charge in [0.25, 0.3) is 0 Å². The van der Waals surface area contributed by atoms with Gasteiger partial charge in [-0.25, -0.2) is 0 Å². The molecule has 1 unspecified atom stereocenters. The van der Waals surface area contributed by atoms with Gasteiger partial charge in [-0.05, 0) is 43.9 Å². The van der Waals surface area contributed by atoms with Crippen LogP contribution in [-0.4, -0.2) is 30.4 Å². The van der Waals surface area contributed by atoms with E-state index in [0.29, 0.717) is 12.2 Å². The number of para-hydroxylation sites is 1. The Morgan fingerprint density at radius 3 is 3.00 bits per heavy atom. The molecular formula is C16H25N3O. The Morgan fingerprint density at radius 1 is 1.50 bits per heavy atom. The van der Waals surface area contributed by atoms with Gasteiger partial charge >= 0.3 is 0 Å². The quantitative estimate of drug-likeness (QED) is 0.831. The number of piperidine rings is 1. The number of likely N-dealkylation sites (tertiary alicyclic amines) is 1. The lowest BCUT2D eigenvalue weighted by Crippen LogP contribution is -2.40. The molecule has 1 aliphatic heterocycles. The fraction of sp³-hybridized carbons (Fsp3) is 0.562. The van der Waals surface area contributed by atoms with Crippen molar-refractivity contribution in [1.29, 1.82) is 0 Å². The molecule has 1 heterocycles. The zero-order chi connectivity index (χ0) is 14.5. The van der Waals surface area contributed by atoms with Crippen molar-refractivity contribution >= 4 is 17.3 Å². The first-order valence-electron chi connectivity index (χ1n) is 7.47. The average Bonchev–Trinajstić information content (AvgIpc) is 2.43. The van der Waals surface area contributed by atoms with Gasteiger partial charge in [-0.3, -0.25) is 9.69 Å². The highest BCUT2D eigenvalue weighted by Gasteiger charge is 2.20. The Bertz CT molecular complexity index is 453. The van der Waals surface area contributed by atoms with Crippen molar-refractivity contribution in [3.05, 3.63) is 23.8 Å². The summed E-state index contributed by atoms with van der Waals surface area (Å²) in [6, 6.07) is 5.67. The van der Waals surface area contributed by atoms with Crippen LogP contribution in [0.2, 0.25) is 0 Å². The highest BCUT2D eigenvalue weighted by molar-refractivity contribution is 5.96. The first-order valence-corrected chi connectivity index (χ1v) is 7.47. The van der Waals surface area contributed by atoms with E-state index < -0.39 is 0 Å². The molecule has 1 aromatic carbocycles. The van der Waals surface area contributed by atoms with Gasteiger partial charge in [-0.1, -0.05) is 25.5 Å². The van der Waals surface area contributed by atoms with E-state index in [-0.39, 0.29) is 5.91 Å². The van der Waals surface area contributed by atoms with Crippen molar-refractivity contribution in [2.75, 3.05) is 30.7 Å². The molecule has 0 saturated carbocycles. The predicted molar refractivity (Wildman–Crippen MR) is 83.7 cm³/mol. The van der Waals surface area contributed by atoms with Crippen LogP contribution in [0.5, 0.6) is 0 Å². The van der Waals surface area contributed by atoms with E-state index in [4.69, 9.17) is 5.73 Å². The number of hydrogen-bond acceptors (Lipinski definition) is 3.